The van der Waals surface area contributed by atoms with Gasteiger partial charge in [0.15, 0.2) is 0 Å². The van der Waals surface area contributed by atoms with Gasteiger partial charge in [-0.25, -0.2) is 9.67 Å². The Morgan fingerprint density at radius 1 is 1.17 bits per heavy atom. The number of H-pyrrole nitrogens is 1. The van der Waals surface area contributed by atoms with Gasteiger partial charge in [0.1, 0.15) is 5.69 Å². The fourth-order valence-corrected chi connectivity index (χ4v) is 4.33. The molecule has 1 aliphatic carbocycles. The van der Waals surface area contributed by atoms with Crippen LogP contribution in [0.3, 0.4) is 0 Å². The van der Waals surface area contributed by atoms with Crippen LogP contribution in [0.5, 0.6) is 0 Å². The maximum Gasteiger partial charge on any atom is 0.245 e. The highest BCUT2D eigenvalue weighted by molar-refractivity contribution is 5.97. The average Bonchev–Trinajstić information content (AvgIpc) is 3.18. The molecule has 152 valence electrons. The van der Waals surface area contributed by atoms with Crippen LogP contribution in [0.25, 0.3) is 27.8 Å². The lowest BCUT2D eigenvalue weighted by Crippen LogP contribution is -2.54. The molecule has 1 aliphatic heterocycles. The highest BCUT2D eigenvalue weighted by Gasteiger charge is 2.46. The first-order valence-electron chi connectivity index (χ1n) is 10.4. The first-order valence-corrected chi connectivity index (χ1v) is 10.4. The van der Waals surface area contributed by atoms with Gasteiger partial charge in [-0.3, -0.25) is 5.10 Å². The van der Waals surface area contributed by atoms with Gasteiger partial charge in [-0.05, 0) is 36.5 Å². The van der Waals surface area contributed by atoms with Crippen LogP contribution in [-0.4, -0.2) is 60.8 Å². The fourth-order valence-electron chi connectivity index (χ4n) is 4.33. The van der Waals surface area contributed by atoms with Crippen molar-refractivity contribution in [2.45, 2.75) is 25.8 Å². The molecule has 1 saturated carbocycles. The van der Waals surface area contributed by atoms with E-state index in [0.717, 1.165) is 47.5 Å². The van der Waals surface area contributed by atoms with E-state index in [1.807, 2.05) is 41.5 Å². The van der Waals surface area contributed by atoms with Gasteiger partial charge in [-0.1, -0.05) is 6.92 Å². The Balaban J connectivity index is 1.30. The first-order chi connectivity index (χ1) is 14.7. The molecule has 9 heteroatoms. The fraction of sp³-hybridized carbons (Fsp3) is 0.381. The summed E-state index contributed by atoms with van der Waals surface area (Å²) in [4.78, 5) is 6.90. The minimum atomic E-state index is 0.426. The predicted octanol–water partition coefficient (Wildman–Crippen LogP) is 2.18. The molecule has 2 aliphatic rings. The molecule has 3 aromatic heterocycles. The molecule has 0 amide bonds. The van der Waals surface area contributed by atoms with E-state index >= 15 is 0 Å². The summed E-state index contributed by atoms with van der Waals surface area (Å²) in [6.45, 7) is 5.15. The number of nitrogens with zero attached hydrogens (tertiary/aromatic N) is 7. The van der Waals surface area contributed by atoms with Gasteiger partial charge in [0.2, 0.25) is 5.95 Å². The van der Waals surface area contributed by atoms with E-state index < -0.39 is 0 Å². The van der Waals surface area contributed by atoms with Crippen molar-refractivity contribution in [2.24, 2.45) is 5.41 Å². The van der Waals surface area contributed by atoms with E-state index in [-0.39, 0.29) is 0 Å². The molecule has 2 N–H and O–H groups in total. The summed E-state index contributed by atoms with van der Waals surface area (Å²) in [7, 11) is 0. The molecule has 4 aromatic rings. The zero-order valence-electron chi connectivity index (χ0n) is 16.8. The molecule has 1 aromatic carbocycles. The van der Waals surface area contributed by atoms with Crippen molar-refractivity contribution < 1.29 is 0 Å². The predicted molar refractivity (Wildman–Crippen MR) is 113 cm³/mol. The lowest BCUT2D eigenvalue weighted by atomic mass is 9.97. The van der Waals surface area contributed by atoms with Crippen LogP contribution >= 0.6 is 0 Å². The second-order valence-corrected chi connectivity index (χ2v) is 8.49. The van der Waals surface area contributed by atoms with Gasteiger partial charge in [0, 0.05) is 49.0 Å². The molecule has 0 bridgehead atoms. The zero-order valence-corrected chi connectivity index (χ0v) is 16.8. The normalized spacial score (nSPS) is 20.6. The third kappa shape index (κ3) is 2.85. The molecule has 0 spiro atoms. The van der Waals surface area contributed by atoms with E-state index in [1.165, 1.54) is 12.8 Å². The first kappa shape index (κ1) is 17.5. The van der Waals surface area contributed by atoms with Gasteiger partial charge >= 0.3 is 0 Å². The number of anilines is 1. The van der Waals surface area contributed by atoms with Crippen LogP contribution in [0.1, 0.15) is 19.8 Å². The van der Waals surface area contributed by atoms with Crippen molar-refractivity contribution in [1.29, 1.82) is 0 Å². The summed E-state index contributed by atoms with van der Waals surface area (Å²) in [6.07, 6.45) is 9.89. The highest BCUT2D eigenvalue weighted by atomic mass is 15.3. The smallest absolute Gasteiger partial charge is 0.245 e. The number of rotatable bonds is 4. The second kappa shape index (κ2) is 6.60. The number of hydrogen-bond acceptors (Lipinski definition) is 7. The van der Waals surface area contributed by atoms with Gasteiger partial charge < -0.3 is 10.2 Å². The average molecular weight is 401 g/mol. The minimum absolute atomic E-state index is 0.426. The second-order valence-electron chi connectivity index (χ2n) is 8.49. The molecule has 2 fully saturated rings. The minimum Gasteiger partial charge on any atom is -0.337 e. The Hall–Kier alpha value is -3.33. The molecule has 30 heavy (non-hydrogen) atoms. The topological polar surface area (TPSA) is 100 Å². The molecular formula is C21H23N9. The van der Waals surface area contributed by atoms with Crippen LogP contribution in [-0.2, 0) is 0 Å². The van der Waals surface area contributed by atoms with Gasteiger partial charge in [0.05, 0.1) is 23.6 Å². The summed E-state index contributed by atoms with van der Waals surface area (Å²) < 4.78 is 1.82. The van der Waals surface area contributed by atoms with Crippen LogP contribution in [0.4, 0.5) is 5.95 Å². The van der Waals surface area contributed by atoms with Crippen LogP contribution in [0.15, 0.2) is 43.0 Å². The van der Waals surface area contributed by atoms with Gasteiger partial charge in [-0.2, -0.15) is 10.2 Å². The number of piperazine rings is 1. The SMILES string of the molecule is CC1(C2CN(c3ncc(-c4ccc(-n5cccn5)c5[nH]ncc45)nn3)CCN2)CC1. The van der Waals surface area contributed by atoms with Crippen LogP contribution in [0.2, 0.25) is 0 Å². The van der Waals surface area contributed by atoms with E-state index in [9.17, 15) is 0 Å². The molecule has 4 heterocycles. The Morgan fingerprint density at radius 3 is 2.87 bits per heavy atom. The van der Waals surface area contributed by atoms with Crippen molar-refractivity contribution in [3.8, 4) is 16.9 Å². The number of benzene rings is 1. The summed E-state index contributed by atoms with van der Waals surface area (Å²) in [6, 6.07) is 6.43. The quantitative estimate of drug-likeness (QED) is 0.540. The maximum atomic E-state index is 4.66. The highest BCUT2D eigenvalue weighted by Crippen LogP contribution is 2.48. The number of aromatic nitrogens is 7. The summed E-state index contributed by atoms with van der Waals surface area (Å²) in [5.74, 6) is 0.700. The Morgan fingerprint density at radius 2 is 2.10 bits per heavy atom. The van der Waals surface area contributed by atoms with E-state index in [1.54, 1.807) is 6.20 Å². The van der Waals surface area contributed by atoms with Crippen molar-refractivity contribution in [1.82, 2.24) is 40.5 Å². The number of fused-ring (bicyclic) bond motifs is 1. The largest absolute Gasteiger partial charge is 0.337 e. The van der Waals surface area contributed by atoms with Crippen molar-refractivity contribution in [2.75, 3.05) is 24.5 Å². The Labute approximate surface area is 173 Å². The van der Waals surface area contributed by atoms with Crippen molar-refractivity contribution in [3.63, 3.8) is 0 Å². The molecule has 1 unspecified atom stereocenters. The lowest BCUT2D eigenvalue weighted by Gasteiger charge is -2.36. The summed E-state index contributed by atoms with van der Waals surface area (Å²) >= 11 is 0. The molecular weight excluding hydrogens is 378 g/mol. The lowest BCUT2D eigenvalue weighted by molar-refractivity contribution is 0.329. The number of aromatic amines is 1. The van der Waals surface area contributed by atoms with E-state index in [0.29, 0.717) is 17.4 Å². The molecule has 6 rings (SSSR count). The molecule has 1 atom stereocenters. The third-order valence-corrected chi connectivity index (χ3v) is 6.51. The van der Waals surface area contributed by atoms with Gasteiger partial charge in [-0.15, -0.1) is 10.2 Å². The standard InChI is InChI=1S/C21H23N9/c1-21(5-6-21)18-13-29(10-8-22-18)20-23-12-16(26-28-20)14-3-4-17(30-9-2-7-25-30)19-15(14)11-24-27-19/h2-4,7,9,11-12,18,22H,5-6,8,10,13H2,1H3,(H,24,27). The summed E-state index contributed by atoms with van der Waals surface area (Å²) in [5.41, 5.74) is 3.96. The van der Waals surface area contributed by atoms with E-state index in [2.05, 4.69) is 47.6 Å². The zero-order chi connectivity index (χ0) is 20.1. The third-order valence-electron chi connectivity index (χ3n) is 6.51. The maximum absolute atomic E-state index is 4.66. The molecule has 9 nitrogen and oxygen atoms in total. The van der Waals surface area contributed by atoms with E-state index in [4.69, 9.17) is 0 Å². The van der Waals surface area contributed by atoms with Crippen molar-refractivity contribution in [3.05, 3.63) is 43.0 Å². The molecule has 0 radical (unpaired) electrons. The van der Waals surface area contributed by atoms with Crippen LogP contribution in [0, 0.1) is 5.41 Å². The van der Waals surface area contributed by atoms with Gasteiger partial charge in [0.25, 0.3) is 0 Å². The Bertz CT molecular complexity index is 1180. The summed E-state index contributed by atoms with van der Waals surface area (Å²) in [5, 5.41) is 25.2. The number of hydrogen-bond donors (Lipinski definition) is 2. The molecule has 1 saturated heterocycles. The van der Waals surface area contributed by atoms with Crippen LogP contribution < -0.4 is 10.2 Å². The monoisotopic (exact) mass is 401 g/mol. The number of nitrogens with one attached hydrogen (secondary N) is 2. The van der Waals surface area contributed by atoms with Crippen molar-refractivity contribution >= 4 is 16.9 Å². The Kier molecular flexibility index (Phi) is 3.85.